The quantitative estimate of drug-likeness (QED) is 0.142. The van der Waals surface area contributed by atoms with Gasteiger partial charge in [-0.3, -0.25) is 19.3 Å². The maximum atomic E-state index is 14.6. The Kier molecular flexibility index (Phi) is 15.2. The minimum absolute atomic E-state index is 0.0215. The number of anilines is 1. The van der Waals surface area contributed by atoms with Crippen LogP contribution in [-0.2, 0) is 27.3 Å². The van der Waals surface area contributed by atoms with Crippen molar-refractivity contribution in [1.82, 2.24) is 25.5 Å². The molecule has 13 nitrogen and oxygen atoms in total. The normalized spacial score (nSPS) is 26.7. The van der Waals surface area contributed by atoms with E-state index in [2.05, 4.69) is 59.4 Å². The number of morpholine rings is 1. The maximum absolute atomic E-state index is 14.6. The molecule has 0 radical (unpaired) electrons. The Morgan fingerprint density at radius 3 is 2.40 bits per heavy atom. The summed E-state index contributed by atoms with van der Waals surface area (Å²) < 4.78 is 12.4. The number of aliphatic hydroxyl groups is 2. The smallest absolute Gasteiger partial charge is 0.251 e. The van der Waals surface area contributed by atoms with Crippen LogP contribution in [0.4, 0.5) is 5.69 Å². The van der Waals surface area contributed by atoms with Crippen LogP contribution in [-0.4, -0.2) is 148 Å². The van der Waals surface area contributed by atoms with Gasteiger partial charge in [0.2, 0.25) is 5.91 Å². The fraction of sp³-hybridized carbons (Fsp3) is 0.600. The molecule has 13 heteroatoms. The van der Waals surface area contributed by atoms with Crippen molar-refractivity contribution in [3.05, 3.63) is 83.4 Å². The van der Waals surface area contributed by atoms with Gasteiger partial charge in [-0.2, -0.15) is 5.06 Å². The molecule has 63 heavy (non-hydrogen) atoms. The van der Waals surface area contributed by atoms with E-state index >= 15 is 0 Å². The molecule has 2 saturated heterocycles. The molecular formula is C50H72N6O7. The number of hydrogen-bond acceptors (Lipinski definition) is 11. The summed E-state index contributed by atoms with van der Waals surface area (Å²) in [5.41, 5.74) is 5.19. The van der Waals surface area contributed by atoms with Gasteiger partial charge in [-0.25, -0.2) is 0 Å². The summed E-state index contributed by atoms with van der Waals surface area (Å²) in [5.74, 6) is 1.01. The van der Waals surface area contributed by atoms with Crippen molar-refractivity contribution in [2.45, 2.75) is 83.8 Å². The molecule has 3 aromatic carbocycles. The summed E-state index contributed by atoms with van der Waals surface area (Å²) in [6.07, 6.45) is 1.12. The Morgan fingerprint density at radius 1 is 1.00 bits per heavy atom. The first-order chi connectivity index (χ1) is 30.1. The summed E-state index contributed by atoms with van der Waals surface area (Å²) in [7, 11) is 7.95. The number of rotatable bonds is 18. The number of amides is 2. The second-order valence-electron chi connectivity index (χ2n) is 19.6. The highest BCUT2D eigenvalue weighted by Gasteiger charge is 2.57. The number of nitrogens with one attached hydrogen (secondary N) is 2. The number of aliphatic hydroxyl groups excluding tert-OH is 2. The highest BCUT2D eigenvalue weighted by Crippen LogP contribution is 2.61. The second-order valence-corrected chi connectivity index (χ2v) is 19.6. The average Bonchev–Trinajstić information content (AvgIpc) is 3.63. The third kappa shape index (κ3) is 10.7. The van der Waals surface area contributed by atoms with Gasteiger partial charge in [0, 0.05) is 80.7 Å². The first-order valence-electron chi connectivity index (χ1n) is 23.0. The molecule has 8 rings (SSSR count). The van der Waals surface area contributed by atoms with E-state index in [1.807, 2.05) is 81.6 Å². The number of hydrogen-bond donors (Lipinski definition) is 4. The molecule has 344 valence electrons. The number of ether oxygens (including phenoxy) is 2. The fourth-order valence-corrected chi connectivity index (χ4v) is 10.8. The largest absolute Gasteiger partial charge is 0.491 e. The van der Waals surface area contributed by atoms with Gasteiger partial charge in [0.25, 0.3) is 5.91 Å². The van der Waals surface area contributed by atoms with Gasteiger partial charge in [0.05, 0.1) is 32.5 Å². The van der Waals surface area contributed by atoms with Gasteiger partial charge in [0.1, 0.15) is 24.5 Å². The zero-order chi connectivity index (χ0) is 45.0. The van der Waals surface area contributed by atoms with E-state index in [4.69, 9.17) is 14.3 Å². The summed E-state index contributed by atoms with van der Waals surface area (Å²) in [4.78, 5) is 41.7. The molecule has 3 saturated carbocycles. The number of nitrogens with zero attached hydrogens (tertiary/aromatic N) is 4. The Balaban J connectivity index is 1.21. The molecule has 0 aromatic heterocycles. The topological polar surface area (TPSA) is 139 Å². The van der Waals surface area contributed by atoms with Crippen LogP contribution >= 0.6 is 0 Å². The minimum atomic E-state index is -0.919. The molecule has 0 spiro atoms. The molecule has 2 aliphatic heterocycles. The fourth-order valence-electron chi connectivity index (χ4n) is 10.8. The van der Waals surface area contributed by atoms with Crippen molar-refractivity contribution in [2.75, 3.05) is 85.7 Å². The lowest BCUT2D eigenvalue weighted by atomic mass is 9.45. The Labute approximate surface area is 375 Å². The molecule has 4 N–H and O–H groups in total. The molecule has 3 aromatic rings. The van der Waals surface area contributed by atoms with Crippen LogP contribution in [0.1, 0.15) is 62.0 Å². The third-order valence-corrected chi connectivity index (χ3v) is 14.5. The van der Waals surface area contributed by atoms with Gasteiger partial charge < -0.3 is 40.1 Å². The predicted molar refractivity (Wildman–Crippen MR) is 246 cm³/mol. The molecule has 3 aliphatic carbocycles. The number of likely N-dealkylation sites (N-methyl/N-ethyl adjacent to an activating group) is 1. The first kappa shape index (κ1) is 46.9. The van der Waals surface area contributed by atoms with Crippen LogP contribution in [0.15, 0.2) is 66.7 Å². The summed E-state index contributed by atoms with van der Waals surface area (Å²) in [6.45, 7) is 13.2. The summed E-state index contributed by atoms with van der Waals surface area (Å²) in [6, 6.07) is 21.1. The number of carbonyl (C=O) groups excluding carboxylic acids is 2. The van der Waals surface area contributed by atoms with E-state index in [1.165, 1.54) is 6.42 Å². The van der Waals surface area contributed by atoms with Crippen molar-refractivity contribution >= 4 is 17.5 Å². The molecule has 2 bridgehead atoms. The van der Waals surface area contributed by atoms with Crippen LogP contribution in [0.2, 0.25) is 0 Å². The van der Waals surface area contributed by atoms with Gasteiger partial charge in [-0.05, 0) is 92.8 Å². The number of benzene rings is 3. The predicted octanol–water partition coefficient (Wildman–Crippen LogP) is 4.69. The van der Waals surface area contributed by atoms with Crippen molar-refractivity contribution < 1.29 is 34.1 Å². The lowest BCUT2D eigenvalue weighted by Crippen LogP contribution is -2.62. The number of fused-ring (bicyclic) bond motifs is 2. The van der Waals surface area contributed by atoms with Crippen molar-refractivity contribution in [1.29, 1.82) is 0 Å². The maximum Gasteiger partial charge on any atom is 0.251 e. The van der Waals surface area contributed by atoms with Crippen LogP contribution in [0.3, 0.4) is 0 Å². The Morgan fingerprint density at radius 2 is 1.75 bits per heavy atom. The number of para-hydroxylation sites is 1. The highest BCUT2D eigenvalue weighted by molar-refractivity contribution is 5.97. The highest BCUT2D eigenvalue weighted by atomic mass is 16.7. The van der Waals surface area contributed by atoms with Crippen molar-refractivity contribution in [2.24, 2.45) is 29.1 Å². The zero-order valence-corrected chi connectivity index (χ0v) is 38.8. The molecule has 2 heterocycles. The molecule has 5 fully saturated rings. The SMILES string of the molecule is C[C@@H]1[C@@H](NC(=O)[C@@H]2[C@H]([C@H](C)O)C(CO)ON2Cc2cccc(-c3cc(C(=O)NC(Cc4ccccc4)CN(C)C)cc(N(C)C)c3)c2OCCN2CCOCC2)C[C@H]2C[C@@H]1C2(C)C. The summed E-state index contributed by atoms with van der Waals surface area (Å²) in [5, 5.41) is 30.1. The zero-order valence-electron chi connectivity index (χ0n) is 38.8. The minimum Gasteiger partial charge on any atom is -0.491 e. The Hall–Kier alpha value is -4.08. The van der Waals surface area contributed by atoms with E-state index in [1.54, 1.807) is 12.0 Å². The van der Waals surface area contributed by atoms with Crippen LogP contribution in [0.5, 0.6) is 5.75 Å². The van der Waals surface area contributed by atoms with E-state index in [9.17, 15) is 19.8 Å². The molecule has 5 aliphatic rings. The van der Waals surface area contributed by atoms with Gasteiger partial charge in [-0.15, -0.1) is 0 Å². The lowest BCUT2D eigenvalue weighted by Gasteiger charge is -2.62. The third-order valence-electron chi connectivity index (χ3n) is 14.5. The second kappa shape index (κ2) is 20.4. The van der Waals surface area contributed by atoms with Gasteiger partial charge in [0.15, 0.2) is 0 Å². The van der Waals surface area contributed by atoms with E-state index in [-0.39, 0.29) is 42.5 Å². The van der Waals surface area contributed by atoms with E-state index in [0.717, 1.165) is 47.5 Å². The first-order valence-corrected chi connectivity index (χ1v) is 23.0. The Bertz CT molecular complexity index is 2010. The van der Waals surface area contributed by atoms with E-state index < -0.39 is 24.2 Å². The van der Waals surface area contributed by atoms with Crippen molar-refractivity contribution in [3.8, 4) is 16.9 Å². The molecule has 2 unspecified atom stereocenters. The van der Waals surface area contributed by atoms with Gasteiger partial charge >= 0.3 is 0 Å². The number of hydroxylamine groups is 2. The van der Waals surface area contributed by atoms with Gasteiger partial charge in [-0.1, -0.05) is 69.3 Å². The average molecular weight is 869 g/mol. The summed E-state index contributed by atoms with van der Waals surface area (Å²) >= 11 is 0. The lowest BCUT2D eigenvalue weighted by molar-refractivity contribution is -0.183. The molecule has 2 amide bonds. The van der Waals surface area contributed by atoms with Crippen LogP contribution in [0.25, 0.3) is 11.1 Å². The van der Waals surface area contributed by atoms with Crippen LogP contribution < -0.4 is 20.3 Å². The molecular weight excluding hydrogens is 797 g/mol. The molecule has 9 atom stereocenters. The number of carbonyl (C=O) groups is 2. The van der Waals surface area contributed by atoms with Crippen LogP contribution in [0, 0.1) is 29.1 Å². The van der Waals surface area contributed by atoms with Crippen molar-refractivity contribution in [3.63, 3.8) is 0 Å². The standard InChI is InChI=1S/C50H72N6O7/c1-32-42-27-38(50(42,3)4)28-43(32)52-49(60)46-45(33(2)58)44(31-57)63-56(46)29-35-15-12-16-41(47(35)62-22-19-55-17-20-61-21-18-55)36-24-37(26-40(25-36)54(7)8)48(59)51-39(30-53(5)6)23-34-13-10-9-11-14-34/h9-16,24-26,32-33,38-39,42-46,57-58H,17-23,27-31H2,1-8H3,(H,51,59)(H,52,60)/t32-,33-,38+,39?,42-,43-,44?,45+,46-/m0/s1. The monoisotopic (exact) mass is 869 g/mol. The van der Waals surface area contributed by atoms with E-state index in [0.29, 0.717) is 68.4 Å².